The highest BCUT2D eigenvalue weighted by molar-refractivity contribution is 4.69. The van der Waals surface area contributed by atoms with E-state index in [0.717, 1.165) is 39.2 Å². The van der Waals surface area contributed by atoms with Crippen LogP contribution in [0.1, 0.15) is 19.8 Å². The Morgan fingerprint density at radius 1 is 1.19 bits per heavy atom. The topological polar surface area (TPSA) is 41.7 Å². The summed E-state index contributed by atoms with van der Waals surface area (Å²) in [5.74, 6) is 0. The summed E-state index contributed by atoms with van der Waals surface area (Å²) >= 11 is 0. The summed E-state index contributed by atoms with van der Waals surface area (Å²) in [6.45, 7) is 7.27. The van der Waals surface area contributed by atoms with Crippen molar-refractivity contribution in [2.45, 2.75) is 25.8 Å². The maximum atomic E-state index is 6.06. The smallest absolute Gasteiger partial charge is 0.0477 e. The standard InChI is InChI=1S/C12H29N3O/c1-5-7-15(9-8-14(2)3)11-12(13)6-10-16-4/h12H,5-11,13H2,1-4H3. The lowest BCUT2D eigenvalue weighted by molar-refractivity contribution is 0.171. The van der Waals surface area contributed by atoms with Crippen LogP contribution in [0.4, 0.5) is 0 Å². The van der Waals surface area contributed by atoms with Crippen molar-refractivity contribution in [1.82, 2.24) is 9.80 Å². The highest BCUT2D eigenvalue weighted by Gasteiger charge is 2.09. The van der Waals surface area contributed by atoms with Crippen molar-refractivity contribution in [3.63, 3.8) is 0 Å². The van der Waals surface area contributed by atoms with Crippen molar-refractivity contribution in [3.05, 3.63) is 0 Å². The molecule has 16 heavy (non-hydrogen) atoms. The third-order valence-electron chi connectivity index (χ3n) is 2.59. The quantitative estimate of drug-likeness (QED) is 0.598. The Kier molecular flexibility index (Phi) is 9.92. The molecule has 98 valence electrons. The molecule has 0 aromatic heterocycles. The second-order valence-electron chi connectivity index (χ2n) is 4.65. The molecular weight excluding hydrogens is 202 g/mol. The minimum atomic E-state index is 0.230. The fourth-order valence-corrected chi connectivity index (χ4v) is 1.64. The van der Waals surface area contributed by atoms with E-state index in [2.05, 4.69) is 30.8 Å². The van der Waals surface area contributed by atoms with E-state index in [1.165, 1.54) is 6.42 Å². The van der Waals surface area contributed by atoms with Crippen molar-refractivity contribution >= 4 is 0 Å². The molecule has 0 aromatic rings. The van der Waals surface area contributed by atoms with Crippen molar-refractivity contribution in [2.24, 2.45) is 5.73 Å². The maximum Gasteiger partial charge on any atom is 0.0477 e. The van der Waals surface area contributed by atoms with Gasteiger partial charge in [0, 0.05) is 39.4 Å². The van der Waals surface area contributed by atoms with Gasteiger partial charge >= 0.3 is 0 Å². The van der Waals surface area contributed by atoms with Gasteiger partial charge in [0.1, 0.15) is 0 Å². The van der Waals surface area contributed by atoms with Crippen LogP contribution in [-0.2, 0) is 4.74 Å². The van der Waals surface area contributed by atoms with E-state index < -0.39 is 0 Å². The van der Waals surface area contributed by atoms with Gasteiger partial charge in [-0.3, -0.25) is 0 Å². The summed E-state index contributed by atoms with van der Waals surface area (Å²) < 4.78 is 5.05. The Labute approximate surface area is 101 Å². The summed E-state index contributed by atoms with van der Waals surface area (Å²) in [7, 11) is 5.94. The van der Waals surface area contributed by atoms with E-state index in [1.807, 2.05) is 0 Å². The lowest BCUT2D eigenvalue weighted by Gasteiger charge is -2.26. The molecule has 4 heteroatoms. The molecule has 0 fully saturated rings. The average Bonchev–Trinajstić information content (AvgIpc) is 2.23. The molecule has 4 nitrogen and oxygen atoms in total. The Bertz CT molecular complexity index is 153. The van der Waals surface area contributed by atoms with Gasteiger partial charge < -0.3 is 20.3 Å². The van der Waals surface area contributed by atoms with E-state index in [1.54, 1.807) is 7.11 Å². The normalized spacial score (nSPS) is 13.7. The maximum absolute atomic E-state index is 6.06. The van der Waals surface area contributed by atoms with Gasteiger partial charge in [-0.15, -0.1) is 0 Å². The zero-order chi connectivity index (χ0) is 12.4. The van der Waals surface area contributed by atoms with Gasteiger partial charge in [0.15, 0.2) is 0 Å². The van der Waals surface area contributed by atoms with E-state index in [9.17, 15) is 0 Å². The summed E-state index contributed by atoms with van der Waals surface area (Å²) in [4.78, 5) is 4.66. The van der Waals surface area contributed by atoms with Crippen LogP contribution in [0, 0.1) is 0 Å². The van der Waals surface area contributed by atoms with Gasteiger partial charge in [-0.2, -0.15) is 0 Å². The molecular formula is C12H29N3O. The van der Waals surface area contributed by atoms with Crippen LogP contribution in [0.5, 0.6) is 0 Å². The molecule has 0 rings (SSSR count). The SMILES string of the molecule is CCCN(CCN(C)C)CC(N)CCOC. The first-order valence-electron chi connectivity index (χ1n) is 6.21. The molecule has 0 radical (unpaired) electrons. The molecule has 0 amide bonds. The van der Waals surface area contributed by atoms with Crippen molar-refractivity contribution in [1.29, 1.82) is 0 Å². The summed E-state index contributed by atoms with van der Waals surface area (Å²) in [5, 5.41) is 0. The van der Waals surface area contributed by atoms with Crippen molar-refractivity contribution in [3.8, 4) is 0 Å². The van der Waals surface area contributed by atoms with E-state index in [0.29, 0.717) is 0 Å². The minimum Gasteiger partial charge on any atom is -0.385 e. The second-order valence-corrected chi connectivity index (χ2v) is 4.65. The number of likely N-dealkylation sites (N-methyl/N-ethyl adjacent to an activating group) is 1. The van der Waals surface area contributed by atoms with Crippen molar-refractivity contribution < 1.29 is 4.74 Å². The number of nitrogens with zero attached hydrogens (tertiary/aromatic N) is 2. The summed E-state index contributed by atoms with van der Waals surface area (Å²) in [6, 6.07) is 0.230. The van der Waals surface area contributed by atoms with Crippen LogP contribution in [0.15, 0.2) is 0 Å². The number of methoxy groups -OCH3 is 1. The van der Waals surface area contributed by atoms with E-state index in [-0.39, 0.29) is 6.04 Å². The first-order valence-corrected chi connectivity index (χ1v) is 6.21. The number of nitrogens with two attached hydrogens (primary N) is 1. The highest BCUT2D eigenvalue weighted by atomic mass is 16.5. The molecule has 0 aromatic carbocycles. The molecule has 0 saturated heterocycles. The van der Waals surface area contributed by atoms with Gasteiger partial charge in [-0.1, -0.05) is 6.92 Å². The zero-order valence-corrected chi connectivity index (χ0v) is 11.4. The molecule has 0 bridgehead atoms. The summed E-state index contributed by atoms with van der Waals surface area (Å²) in [6.07, 6.45) is 2.13. The number of ether oxygens (including phenoxy) is 1. The first-order chi connectivity index (χ1) is 7.60. The van der Waals surface area contributed by atoms with E-state index >= 15 is 0 Å². The van der Waals surface area contributed by atoms with Crippen LogP contribution in [-0.4, -0.2) is 69.8 Å². The van der Waals surface area contributed by atoms with Gasteiger partial charge in [-0.25, -0.2) is 0 Å². The predicted molar refractivity (Wildman–Crippen MR) is 69.8 cm³/mol. The molecule has 1 atom stereocenters. The van der Waals surface area contributed by atoms with Crippen LogP contribution in [0.2, 0.25) is 0 Å². The lowest BCUT2D eigenvalue weighted by Crippen LogP contribution is -2.41. The third kappa shape index (κ3) is 9.09. The zero-order valence-electron chi connectivity index (χ0n) is 11.4. The molecule has 0 saturated carbocycles. The molecule has 0 aliphatic heterocycles. The van der Waals surface area contributed by atoms with Gasteiger partial charge in [0.25, 0.3) is 0 Å². The molecule has 0 aliphatic rings. The minimum absolute atomic E-state index is 0.230. The molecule has 0 spiro atoms. The van der Waals surface area contributed by atoms with Crippen molar-refractivity contribution in [2.75, 3.05) is 54.0 Å². The molecule has 0 heterocycles. The third-order valence-corrected chi connectivity index (χ3v) is 2.59. The molecule has 2 N–H and O–H groups in total. The predicted octanol–water partition coefficient (Wildman–Crippen LogP) is 0.624. The Morgan fingerprint density at radius 2 is 1.88 bits per heavy atom. The largest absolute Gasteiger partial charge is 0.385 e. The Morgan fingerprint density at radius 3 is 2.38 bits per heavy atom. The Hall–Kier alpha value is -0.160. The molecule has 0 aliphatic carbocycles. The highest BCUT2D eigenvalue weighted by Crippen LogP contribution is 1.97. The van der Waals surface area contributed by atoms with Crippen LogP contribution in [0.3, 0.4) is 0 Å². The average molecular weight is 231 g/mol. The molecule has 1 unspecified atom stereocenters. The van der Waals surface area contributed by atoms with E-state index in [4.69, 9.17) is 10.5 Å². The van der Waals surface area contributed by atoms with Crippen LogP contribution < -0.4 is 5.73 Å². The monoisotopic (exact) mass is 231 g/mol. The van der Waals surface area contributed by atoms with Crippen LogP contribution >= 0.6 is 0 Å². The number of rotatable bonds is 10. The summed E-state index contributed by atoms with van der Waals surface area (Å²) in [5.41, 5.74) is 6.06. The fourth-order valence-electron chi connectivity index (χ4n) is 1.64. The van der Waals surface area contributed by atoms with Gasteiger partial charge in [0.05, 0.1) is 0 Å². The number of hydrogen-bond acceptors (Lipinski definition) is 4. The lowest BCUT2D eigenvalue weighted by atomic mass is 10.2. The number of hydrogen-bond donors (Lipinski definition) is 1. The fraction of sp³-hybridized carbons (Fsp3) is 1.00. The van der Waals surface area contributed by atoms with Gasteiger partial charge in [0.2, 0.25) is 0 Å². The van der Waals surface area contributed by atoms with Crippen LogP contribution in [0.25, 0.3) is 0 Å². The second kappa shape index (κ2) is 10.0. The van der Waals surface area contributed by atoms with Gasteiger partial charge in [-0.05, 0) is 33.5 Å². The first kappa shape index (κ1) is 15.8. The Balaban J connectivity index is 3.81.